The van der Waals surface area contributed by atoms with Gasteiger partial charge in [-0.25, -0.2) is 0 Å². The van der Waals surface area contributed by atoms with E-state index in [0.717, 1.165) is 28.0 Å². The average Bonchev–Trinajstić information content (AvgIpc) is 3.18. The van der Waals surface area contributed by atoms with E-state index < -0.39 is 17.8 Å². The van der Waals surface area contributed by atoms with E-state index in [9.17, 15) is 23.2 Å². The molecule has 1 saturated heterocycles. The fourth-order valence-corrected chi connectivity index (χ4v) is 4.63. The molecule has 2 heterocycles. The van der Waals surface area contributed by atoms with E-state index in [0.29, 0.717) is 11.1 Å². The second-order valence-electron chi connectivity index (χ2n) is 7.79. The molecule has 3 rings (SSSR count). The molecular weight excluding hydrogens is 452 g/mol. The fraction of sp³-hybridized carbons (Fsp3) is 0.348. The van der Waals surface area contributed by atoms with Crippen LogP contribution in [0, 0.1) is 13.8 Å². The SMILES string of the molecule is Cc1cc(C(=O)NCCN2C(=O)S/C(=C\c3ccc(OC(F)F)cc3)C2=O)c(C)n1C(C)C. The van der Waals surface area contributed by atoms with Crippen molar-refractivity contribution in [3.63, 3.8) is 0 Å². The lowest BCUT2D eigenvalue weighted by Crippen LogP contribution is -2.37. The molecule has 0 aliphatic carbocycles. The fourth-order valence-electron chi connectivity index (χ4n) is 3.77. The van der Waals surface area contributed by atoms with Crippen molar-refractivity contribution in [1.82, 2.24) is 14.8 Å². The molecule has 1 aliphatic rings. The minimum atomic E-state index is -2.92. The number of imide groups is 1. The number of amides is 3. The van der Waals surface area contributed by atoms with Crippen LogP contribution in [0.5, 0.6) is 5.75 Å². The van der Waals surface area contributed by atoms with Crippen molar-refractivity contribution < 1.29 is 27.9 Å². The highest BCUT2D eigenvalue weighted by atomic mass is 32.2. The van der Waals surface area contributed by atoms with Crippen molar-refractivity contribution in [2.75, 3.05) is 13.1 Å². The van der Waals surface area contributed by atoms with Crippen LogP contribution in [0.2, 0.25) is 0 Å². The maximum Gasteiger partial charge on any atom is 0.387 e. The Morgan fingerprint density at radius 3 is 2.42 bits per heavy atom. The first-order chi connectivity index (χ1) is 15.6. The number of nitrogens with zero attached hydrogens (tertiary/aromatic N) is 2. The highest BCUT2D eigenvalue weighted by Gasteiger charge is 2.34. The summed E-state index contributed by atoms with van der Waals surface area (Å²) in [5.74, 6) is -0.728. The molecule has 10 heteroatoms. The van der Waals surface area contributed by atoms with Gasteiger partial charge in [-0.1, -0.05) is 12.1 Å². The summed E-state index contributed by atoms with van der Waals surface area (Å²) in [6.07, 6.45) is 1.51. The lowest BCUT2D eigenvalue weighted by Gasteiger charge is -2.14. The smallest absolute Gasteiger partial charge is 0.387 e. The summed E-state index contributed by atoms with van der Waals surface area (Å²) in [7, 11) is 0. The third-order valence-corrected chi connectivity index (χ3v) is 6.05. The zero-order chi connectivity index (χ0) is 24.3. The van der Waals surface area contributed by atoms with Crippen LogP contribution in [0.15, 0.2) is 35.2 Å². The zero-order valence-electron chi connectivity index (χ0n) is 18.7. The molecule has 0 bridgehead atoms. The Balaban J connectivity index is 1.60. The van der Waals surface area contributed by atoms with Crippen LogP contribution in [0.3, 0.4) is 0 Å². The maximum absolute atomic E-state index is 12.6. The predicted molar refractivity (Wildman–Crippen MR) is 122 cm³/mol. The first-order valence-electron chi connectivity index (χ1n) is 10.4. The molecule has 3 amide bonds. The van der Waals surface area contributed by atoms with Crippen molar-refractivity contribution in [3.05, 3.63) is 57.8 Å². The van der Waals surface area contributed by atoms with Gasteiger partial charge in [0.25, 0.3) is 17.1 Å². The normalized spacial score (nSPS) is 15.3. The number of halogens is 2. The Hall–Kier alpha value is -3.14. The molecule has 1 fully saturated rings. The molecule has 176 valence electrons. The zero-order valence-corrected chi connectivity index (χ0v) is 19.5. The monoisotopic (exact) mass is 477 g/mol. The van der Waals surface area contributed by atoms with Gasteiger partial charge in [0.2, 0.25) is 0 Å². The summed E-state index contributed by atoms with van der Waals surface area (Å²) < 4.78 is 30.9. The summed E-state index contributed by atoms with van der Waals surface area (Å²) in [5.41, 5.74) is 2.97. The van der Waals surface area contributed by atoms with Gasteiger partial charge in [-0.05, 0) is 69.3 Å². The van der Waals surface area contributed by atoms with Gasteiger partial charge in [-0.3, -0.25) is 19.3 Å². The quantitative estimate of drug-likeness (QED) is 0.555. The van der Waals surface area contributed by atoms with E-state index in [4.69, 9.17) is 0 Å². The Labute approximate surface area is 194 Å². The van der Waals surface area contributed by atoms with E-state index in [2.05, 4.69) is 14.6 Å². The van der Waals surface area contributed by atoms with Crippen LogP contribution in [0.4, 0.5) is 13.6 Å². The Bertz CT molecular complexity index is 1090. The van der Waals surface area contributed by atoms with Gasteiger partial charge in [-0.15, -0.1) is 0 Å². The Morgan fingerprint density at radius 1 is 1.18 bits per heavy atom. The van der Waals surface area contributed by atoms with Gasteiger partial charge < -0.3 is 14.6 Å². The van der Waals surface area contributed by atoms with Crippen LogP contribution >= 0.6 is 11.8 Å². The summed E-state index contributed by atoms with van der Waals surface area (Å²) in [6.45, 7) is 5.15. The first kappa shape index (κ1) is 24.5. The lowest BCUT2D eigenvalue weighted by atomic mass is 10.2. The molecular formula is C23H25F2N3O4S. The Morgan fingerprint density at radius 2 is 1.85 bits per heavy atom. The number of carbonyl (C=O) groups excluding carboxylic acids is 3. The summed E-state index contributed by atoms with van der Waals surface area (Å²) in [4.78, 5) is 38.8. The van der Waals surface area contributed by atoms with Gasteiger partial charge in [0.05, 0.1) is 10.5 Å². The molecule has 0 spiro atoms. The van der Waals surface area contributed by atoms with Gasteiger partial charge in [0, 0.05) is 30.5 Å². The standard InChI is InChI=1S/C23H25F2N3O4S/c1-13(2)28-14(3)11-18(15(28)4)20(29)26-9-10-27-21(30)19(33-23(27)31)12-16-5-7-17(8-6-16)32-22(24)25/h5-8,11-13,22H,9-10H2,1-4H3,(H,26,29)/b19-12-. The number of hydrogen-bond donors (Lipinski definition) is 1. The van der Waals surface area contributed by atoms with Crippen molar-refractivity contribution in [2.24, 2.45) is 0 Å². The van der Waals surface area contributed by atoms with Crippen LogP contribution < -0.4 is 10.1 Å². The Kier molecular flexibility index (Phi) is 7.57. The number of aryl methyl sites for hydroxylation is 1. The minimum absolute atomic E-state index is 0.000152. The van der Waals surface area contributed by atoms with E-state index in [1.807, 2.05) is 33.8 Å². The third-order valence-electron chi connectivity index (χ3n) is 5.14. The van der Waals surface area contributed by atoms with E-state index in [-0.39, 0.29) is 35.7 Å². The number of rotatable bonds is 8. The van der Waals surface area contributed by atoms with Crippen LogP contribution in [-0.2, 0) is 4.79 Å². The van der Waals surface area contributed by atoms with Crippen molar-refractivity contribution in [1.29, 1.82) is 0 Å². The molecule has 0 unspecified atom stereocenters. The average molecular weight is 478 g/mol. The highest BCUT2D eigenvalue weighted by molar-refractivity contribution is 8.18. The first-order valence-corrected chi connectivity index (χ1v) is 11.2. The van der Waals surface area contributed by atoms with Gasteiger partial charge >= 0.3 is 6.61 Å². The molecule has 33 heavy (non-hydrogen) atoms. The predicted octanol–water partition coefficient (Wildman–Crippen LogP) is 4.75. The maximum atomic E-state index is 12.6. The van der Waals surface area contributed by atoms with E-state index in [1.54, 1.807) is 0 Å². The number of aromatic nitrogens is 1. The number of nitrogens with one attached hydrogen (secondary N) is 1. The molecule has 1 aromatic heterocycles. The number of hydrogen-bond acceptors (Lipinski definition) is 5. The van der Waals surface area contributed by atoms with Crippen LogP contribution in [0.25, 0.3) is 6.08 Å². The van der Waals surface area contributed by atoms with E-state index in [1.165, 1.54) is 30.3 Å². The molecule has 7 nitrogen and oxygen atoms in total. The largest absolute Gasteiger partial charge is 0.435 e. The molecule has 0 atom stereocenters. The van der Waals surface area contributed by atoms with Crippen molar-refractivity contribution >= 4 is 34.9 Å². The van der Waals surface area contributed by atoms with Crippen LogP contribution in [0.1, 0.15) is 47.2 Å². The highest BCUT2D eigenvalue weighted by Crippen LogP contribution is 2.32. The van der Waals surface area contributed by atoms with Gasteiger partial charge in [0.15, 0.2) is 0 Å². The number of thioether (sulfide) groups is 1. The molecule has 1 aromatic carbocycles. The summed E-state index contributed by atoms with van der Waals surface area (Å²) in [6, 6.07) is 7.79. The minimum Gasteiger partial charge on any atom is -0.435 e. The number of alkyl halides is 2. The lowest BCUT2D eigenvalue weighted by molar-refractivity contribution is -0.122. The number of benzene rings is 1. The van der Waals surface area contributed by atoms with Crippen LogP contribution in [-0.4, -0.2) is 46.2 Å². The van der Waals surface area contributed by atoms with Crippen molar-refractivity contribution in [2.45, 2.75) is 40.3 Å². The molecule has 1 N–H and O–H groups in total. The molecule has 1 aliphatic heterocycles. The van der Waals surface area contributed by atoms with Gasteiger partial charge in [0.1, 0.15) is 5.75 Å². The van der Waals surface area contributed by atoms with Crippen molar-refractivity contribution in [3.8, 4) is 5.75 Å². The molecule has 2 aromatic rings. The van der Waals surface area contributed by atoms with E-state index >= 15 is 0 Å². The van der Waals surface area contributed by atoms with Gasteiger partial charge in [-0.2, -0.15) is 8.78 Å². The second-order valence-corrected chi connectivity index (χ2v) is 8.78. The second kappa shape index (κ2) is 10.2. The topological polar surface area (TPSA) is 80.6 Å². The number of carbonyl (C=O) groups is 3. The molecule has 0 saturated carbocycles. The number of ether oxygens (including phenoxy) is 1. The third kappa shape index (κ3) is 5.62. The summed E-state index contributed by atoms with van der Waals surface area (Å²) in [5, 5.41) is 2.34. The summed E-state index contributed by atoms with van der Waals surface area (Å²) >= 11 is 0.789. The molecule has 0 radical (unpaired) electrons.